The summed E-state index contributed by atoms with van der Waals surface area (Å²) in [5.41, 5.74) is 0.304. The number of carbonyl (C=O) groups excluding carboxylic acids is 2. The first-order chi connectivity index (χ1) is 12.7. The van der Waals surface area contributed by atoms with Gasteiger partial charge in [0.05, 0.1) is 12.3 Å². The van der Waals surface area contributed by atoms with E-state index >= 15 is 0 Å². The summed E-state index contributed by atoms with van der Waals surface area (Å²) in [5, 5.41) is 3.11. The number of amides is 2. The number of nitrogens with zero attached hydrogens (tertiary/aromatic N) is 3. The molecule has 2 aliphatic rings. The van der Waals surface area contributed by atoms with Crippen LogP contribution in [0, 0.1) is 0 Å². The molecule has 0 spiro atoms. The number of aromatic nitrogens is 2. The molecule has 0 bridgehead atoms. The zero-order chi connectivity index (χ0) is 18.2. The van der Waals surface area contributed by atoms with Gasteiger partial charge in [0.15, 0.2) is 0 Å². The van der Waals surface area contributed by atoms with Crippen LogP contribution in [0.1, 0.15) is 61.9 Å². The monoisotopic (exact) mass is 360 g/mol. The zero-order valence-corrected chi connectivity index (χ0v) is 15.2. The Balaban J connectivity index is 1.55. The Morgan fingerprint density at radius 3 is 2.69 bits per heavy atom. The molecule has 7 heteroatoms. The van der Waals surface area contributed by atoms with Crippen LogP contribution < -0.4 is 5.32 Å². The van der Waals surface area contributed by atoms with Crippen LogP contribution >= 0.6 is 0 Å². The summed E-state index contributed by atoms with van der Waals surface area (Å²) in [4.78, 5) is 34.8. The van der Waals surface area contributed by atoms with Gasteiger partial charge < -0.3 is 15.0 Å². The number of rotatable bonds is 7. The molecule has 0 radical (unpaired) electrons. The van der Waals surface area contributed by atoms with Gasteiger partial charge in [-0.2, -0.15) is 0 Å². The molecule has 7 nitrogen and oxygen atoms in total. The molecule has 2 fully saturated rings. The molecule has 1 aliphatic carbocycles. The van der Waals surface area contributed by atoms with Crippen LogP contribution in [0.4, 0.5) is 0 Å². The van der Waals surface area contributed by atoms with E-state index in [9.17, 15) is 9.59 Å². The van der Waals surface area contributed by atoms with E-state index in [-0.39, 0.29) is 17.9 Å². The van der Waals surface area contributed by atoms with Gasteiger partial charge in [-0.3, -0.25) is 14.6 Å². The van der Waals surface area contributed by atoms with Gasteiger partial charge in [-0.1, -0.05) is 19.3 Å². The van der Waals surface area contributed by atoms with Crippen molar-refractivity contribution in [1.29, 1.82) is 0 Å². The molecule has 1 N–H and O–H groups in total. The zero-order valence-electron chi connectivity index (χ0n) is 15.2. The third kappa shape index (κ3) is 5.49. The van der Waals surface area contributed by atoms with Crippen molar-refractivity contribution >= 4 is 11.8 Å². The second kappa shape index (κ2) is 9.62. The molecule has 2 heterocycles. The Morgan fingerprint density at radius 2 is 2.00 bits per heavy atom. The van der Waals surface area contributed by atoms with E-state index in [1.165, 1.54) is 31.7 Å². The minimum Gasteiger partial charge on any atom is -0.376 e. The van der Waals surface area contributed by atoms with Crippen LogP contribution in [0.15, 0.2) is 18.6 Å². The predicted octanol–water partition coefficient (Wildman–Crippen LogP) is 1.94. The van der Waals surface area contributed by atoms with Crippen LogP contribution in [0.5, 0.6) is 0 Å². The topological polar surface area (TPSA) is 84.4 Å². The first-order valence-electron chi connectivity index (χ1n) is 9.68. The Kier molecular flexibility index (Phi) is 6.94. The van der Waals surface area contributed by atoms with Crippen molar-refractivity contribution in [3.8, 4) is 0 Å². The van der Waals surface area contributed by atoms with Crippen molar-refractivity contribution in [2.75, 3.05) is 19.7 Å². The maximum Gasteiger partial charge on any atom is 0.274 e. The van der Waals surface area contributed by atoms with Gasteiger partial charge in [0.1, 0.15) is 5.69 Å². The van der Waals surface area contributed by atoms with Crippen LogP contribution in [0.2, 0.25) is 0 Å². The van der Waals surface area contributed by atoms with Crippen LogP contribution in [-0.4, -0.2) is 58.5 Å². The van der Waals surface area contributed by atoms with Crippen molar-refractivity contribution in [3.63, 3.8) is 0 Å². The fraction of sp³-hybridized carbons (Fsp3) is 0.684. The minimum atomic E-state index is -0.195. The molecule has 26 heavy (non-hydrogen) atoms. The van der Waals surface area contributed by atoms with E-state index in [4.69, 9.17) is 4.74 Å². The lowest BCUT2D eigenvalue weighted by molar-refractivity contribution is -0.122. The molecule has 1 aromatic heterocycles. The second-order valence-electron chi connectivity index (χ2n) is 7.13. The molecule has 1 saturated carbocycles. The van der Waals surface area contributed by atoms with Crippen molar-refractivity contribution < 1.29 is 14.3 Å². The van der Waals surface area contributed by atoms with Crippen molar-refractivity contribution in [1.82, 2.24) is 20.2 Å². The van der Waals surface area contributed by atoms with Crippen LogP contribution in [-0.2, 0) is 9.53 Å². The van der Waals surface area contributed by atoms with E-state index in [0.29, 0.717) is 31.2 Å². The number of hydrogen-bond donors (Lipinski definition) is 1. The van der Waals surface area contributed by atoms with Crippen LogP contribution in [0.3, 0.4) is 0 Å². The fourth-order valence-electron chi connectivity index (χ4n) is 3.66. The highest BCUT2D eigenvalue weighted by Crippen LogP contribution is 2.18. The maximum atomic E-state index is 12.8. The predicted molar refractivity (Wildman–Crippen MR) is 96.5 cm³/mol. The van der Waals surface area contributed by atoms with E-state index in [2.05, 4.69) is 15.3 Å². The van der Waals surface area contributed by atoms with Crippen LogP contribution in [0.25, 0.3) is 0 Å². The van der Waals surface area contributed by atoms with Gasteiger partial charge in [0, 0.05) is 44.6 Å². The molecule has 1 aliphatic heterocycles. The van der Waals surface area contributed by atoms with Gasteiger partial charge in [-0.25, -0.2) is 4.98 Å². The summed E-state index contributed by atoms with van der Waals surface area (Å²) < 4.78 is 5.67. The van der Waals surface area contributed by atoms with E-state index in [0.717, 1.165) is 32.3 Å². The summed E-state index contributed by atoms with van der Waals surface area (Å²) in [7, 11) is 0. The number of carbonyl (C=O) groups is 2. The largest absolute Gasteiger partial charge is 0.376 e. The maximum absolute atomic E-state index is 12.8. The highest BCUT2D eigenvalue weighted by molar-refractivity contribution is 5.92. The molecule has 2 amide bonds. The smallest absolute Gasteiger partial charge is 0.274 e. The molecule has 1 unspecified atom stereocenters. The average Bonchev–Trinajstić information content (AvgIpc) is 3.19. The fourth-order valence-corrected chi connectivity index (χ4v) is 3.66. The molecule has 3 rings (SSSR count). The Labute approximate surface area is 154 Å². The first kappa shape index (κ1) is 18.8. The molecule has 1 atom stereocenters. The van der Waals surface area contributed by atoms with Crippen molar-refractivity contribution in [2.24, 2.45) is 0 Å². The number of hydrogen-bond acceptors (Lipinski definition) is 5. The van der Waals surface area contributed by atoms with E-state index in [1.54, 1.807) is 11.1 Å². The number of ether oxygens (including phenoxy) is 1. The summed E-state index contributed by atoms with van der Waals surface area (Å²) >= 11 is 0. The molecular formula is C19H28N4O3. The van der Waals surface area contributed by atoms with Gasteiger partial charge in [-0.15, -0.1) is 0 Å². The van der Waals surface area contributed by atoms with Gasteiger partial charge >= 0.3 is 0 Å². The highest BCUT2D eigenvalue weighted by atomic mass is 16.5. The molecule has 142 valence electrons. The van der Waals surface area contributed by atoms with Gasteiger partial charge in [0.25, 0.3) is 5.91 Å². The summed E-state index contributed by atoms with van der Waals surface area (Å²) in [6, 6.07) is 0.290. The molecular weight excluding hydrogens is 332 g/mol. The van der Waals surface area contributed by atoms with Crippen molar-refractivity contribution in [2.45, 2.75) is 63.5 Å². The Morgan fingerprint density at radius 1 is 1.15 bits per heavy atom. The summed E-state index contributed by atoms with van der Waals surface area (Å²) in [6.45, 7) is 1.60. The molecule has 1 saturated heterocycles. The standard InChI is InChI=1S/C19H28N4O3/c24-18(22-15-5-2-1-3-6-15)8-11-23(14-16-7-4-12-26-16)19(25)17-13-20-9-10-21-17/h9-10,13,15-16H,1-8,11-12,14H2,(H,22,24). The Bertz CT molecular complexity index is 584. The summed E-state index contributed by atoms with van der Waals surface area (Å²) in [5.74, 6) is -0.180. The van der Waals surface area contributed by atoms with Gasteiger partial charge in [0.2, 0.25) is 5.91 Å². The molecule has 1 aromatic rings. The highest BCUT2D eigenvalue weighted by Gasteiger charge is 2.25. The Hall–Kier alpha value is -2.02. The lowest BCUT2D eigenvalue weighted by atomic mass is 9.95. The quantitative estimate of drug-likeness (QED) is 0.803. The third-order valence-corrected chi connectivity index (χ3v) is 5.10. The van der Waals surface area contributed by atoms with Gasteiger partial charge in [-0.05, 0) is 25.7 Å². The molecule has 0 aromatic carbocycles. The number of nitrogens with one attached hydrogen (secondary N) is 1. The summed E-state index contributed by atoms with van der Waals surface area (Å²) in [6.07, 6.45) is 12.6. The minimum absolute atomic E-state index is 0.0150. The van der Waals surface area contributed by atoms with E-state index in [1.807, 2.05) is 0 Å². The normalized spacial score (nSPS) is 20.7. The SMILES string of the molecule is O=C(CCN(CC1CCCO1)C(=O)c1cnccn1)NC1CCCCC1. The lowest BCUT2D eigenvalue weighted by Gasteiger charge is -2.26. The third-order valence-electron chi connectivity index (χ3n) is 5.10. The lowest BCUT2D eigenvalue weighted by Crippen LogP contribution is -2.42. The first-order valence-corrected chi connectivity index (χ1v) is 9.68. The van der Waals surface area contributed by atoms with E-state index < -0.39 is 0 Å². The van der Waals surface area contributed by atoms with Crippen molar-refractivity contribution in [3.05, 3.63) is 24.3 Å². The second-order valence-corrected chi connectivity index (χ2v) is 7.13. The average molecular weight is 360 g/mol.